The molecule has 0 aromatic rings. The molecule has 0 aromatic carbocycles. The highest BCUT2D eigenvalue weighted by Gasteiger charge is 2.38. The molecule has 1 saturated heterocycles. The van der Waals surface area contributed by atoms with Crippen molar-refractivity contribution in [3.63, 3.8) is 0 Å². The van der Waals surface area contributed by atoms with E-state index in [1.54, 1.807) is 0 Å². The van der Waals surface area contributed by atoms with Gasteiger partial charge in [-0.25, -0.2) is 4.90 Å². The van der Waals surface area contributed by atoms with E-state index in [4.69, 9.17) is 4.74 Å². The van der Waals surface area contributed by atoms with Gasteiger partial charge in [-0.1, -0.05) is 0 Å². The number of methoxy groups -OCH3 is 1. The molecule has 0 unspecified atom stereocenters. The molecule has 0 atom stereocenters. The largest absolute Gasteiger partial charge is 0.459 e. The maximum absolute atomic E-state index is 12.1. The van der Waals surface area contributed by atoms with Crippen LogP contribution in [0.4, 0.5) is 13.2 Å². The van der Waals surface area contributed by atoms with Crippen molar-refractivity contribution in [1.29, 1.82) is 0 Å². The van der Waals surface area contributed by atoms with E-state index in [2.05, 4.69) is 0 Å². The zero-order chi connectivity index (χ0) is 9.19. The summed E-state index contributed by atoms with van der Waals surface area (Å²) in [6.45, 7) is 0.115. The second kappa shape index (κ2) is 3.62. The monoisotopic (exact) mass is 183 g/mol. The minimum Gasteiger partial charge on any atom is -0.381 e. The van der Waals surface area contributed by atoms with Crippen molar-refractivity contribution in [1.82, 2.24) is 4.90 Å². The van der Waals surface area contributed by atoms with Crippen LogP contribution >= 0.6 is 0 Å². The molecule has 72 valence electrons. The van der Waals surface area contributed by atoms with E-state index in [0.717, 1.165) is 0 Å². The summed E-state index contributed by atoms with van der Waals surface area (Å²) in [6.07, 6.45) is -3.23. The molecule has 0 saturated carbocycles. The molecule has 0 aromatic heterocycles. The molecule has 1 rings (SSSR count). The highest BCUT2D eigenvalue weighted by molar-refractivity contribution is 4.73. The van der Waals surface area contributed by atoms with Crippen LogP contribution in [0, 0.1) is 0 Å². The molecule has 1 aliphatic heterocycles. The van der Waals surface area contributed by atoms with Crippen molar-refractivity contribution >= 4 is 0 Å². The van der Waals surface area contributed by atoms with E-state index in [0.29, 0.717) is 17.7 Å². The molecule has 2 nitrogen and oxygen atoms in total. The van der Waals surface area contributed by atoms with Gasteiger partial charge in [-0.15, -0.1) is 0 Å². The highest BCUT2D eigenvalue weighted by Crippen LogP contribution is 2.25. The quantitative estimate of drug-likeness (QED) is 0.573. The fourth-order valence-corrected chi connectivity index (χ4v) is 1.35. The third-order valence-corrected chi connectivity index (χ3v) is 2.13. The van der Waals surface area contributed by atoms with Crippen LogP contribution in [0.2, 0.25) is 0 Å². The van der Waals surface area contributed by atoms with Gasteiger partial charge in [0.1, 0.15) is 0 Å². The van der Waals surface area contributed by atoms with Gasteiger partial charge in [0.15, 0.2) is 0 Å². The lowest BCUT2D eigenvalue weighted by Crippen LogP contribution is -2.45. The standard InChI is InChI=1S/C7H12F3NO/c1-12-6-2-4-11(5-3-6)7(8,9)10/h6H,2-5H2,1H3. The molecule has 5 heteroatoms. The van der Waals surface area contributed by atoms with Crippen molar-refractivity contribution in [2.24, 2.45) is 0 Å². The maximum Gasteiger partial charge on any atom is 0.459 e. The van der Waals surface area contributed by atoms with E-state index < -0.39 is 6.30 Å². The second-order valence-corrected chi connectivity index (χ2v) is 2.89. The fourth-order valence-electron chi connectivity index (χ4n) is 1.35. The van der Waals surface area contributed by atoms with Crippen molar-refractivity contribution < 1.29 is 17.9 Å². The second-order valence-electron chi connectivity index (χ2n) is 2.89. The number of hydrogen-bond acceptors (Lipinski definition) is 2. The lowest BCUT2D eigenvalue weighted by molar-refractivity contribution is -0.253. The van der Waals surface area contributed by atoms with Gasteiger partial charge < -0.3 is 4.74 Å². The molecule has 0 aliphatic carbocycles. The number of ether oxygens (including phenoxy) is 1. The first-order chi connectivity index (χ1) is 5.54. The van der Waals surface area contributed by atoms with E-state index in [9.17, 15) is 13.2 Å². The lowest BCUT2D eigenvalue weighted by Gasteiger charge is -2.32. The number of likely N-dealkylation sites (tertiary alicyclic amines) is 1. The summed E-state index contributed by atoms with van der Waals surface area (Å²) in [5.41, 5.74) is 0. The molecule has 0 bridgehead atoms. The molecular weight excluding hydrogens is 171 g/mol. The Hall–Kier alpha value is -0.290. The van der Waals surface area contributed by atoms with Gasteiger partial charge in [0.25, 0.3) is 0 Å². The zero-order valence-electron chi connectivity index (χ0n) is 6.90. The Balaban J connectivity index is 2.36. The van der Waals surface area contributed by atoms with Crippen LogP contribution in [0.3, 0.4) is 0 Å². The van der Waals surface area contributed by atoms with Gasteiger partial charge in [-0.3, -0.25) is 0 Å². The third kappa shape index (κ3) is 2.35. The Bertz CT molecular complexity index is 140. The minimum absolute atomic E-state index is 0.00333. The lowest BCUT2D eigenvalue weighted by atomic mass is 10.1. The molecular formula is C7H12F3NO. The molecule has 0 N–H and O–H groups in total. The van der Waals surface area contributed by atoms with Gasteiger partial charge in [-0.05, 0) is 12.8 Å². The van der Waals surface area contributed by atoms with Gasteiger partial charge in [0.05, 0.1) is 6.10 Å². The Morgan fingerprint density at radius 3 is 2.08 bits per heavy atom. The average molecular weight is 183 g/mol. The zero-order valence-corrected chi connectivity index (χ0v) is 6.90. The topological polar surface area (TPSA) is 12.5 Å². The summed E-state index contributed by atoms with van der Waals surface area (Å²) >= 11 is 0. The van der Waals surface area contributed by atoms with Crippen LogP contribution in [0.15, 0.2) is 0 Å². The fraction of sp³-hybridized carbons (Fsp3) is 1.00. The van der Waals surface area contributed by atoms with Crippen molar-refractivity contribution in [2.45, 2.75) is 25.2 Å². The summed E-state index contributed by atoms with van der Waals surface area (Å²) in [6, 6.07) is 0. The Morgan fingerprint density at radius 1 is 1.25 bits per heavy atom. The molecule has 12 heavy (non-hydrogen) atoms. The average Bonchev–Trinajstić information content (AvgIpc) is 2.03. The first kappa shape index (κ1) is 9.80. The number of nitrogens with zero attached hydrogens (tertiary/aromatic N) is 1. The smallest absolute Gasteiger partial charge is 0.381 e. The summed E-state index contributed by atoms with van der Waals surface area (Å²) in [4.78, 5) is 0.530. The predicted molar refractivity (Wildman–Crippen MR) is 37.7 cm³/mol. The Labute approximate surface area is 69.3 Å². The number of rotatable bonds is 1. The van der Waals surface area contributed by atoms with Crippen molar-refractivity contribution in [3.8, 4) is 0 Å². The van der Waals surface area contributed by atoms with Gasteiger partial charge in [-0.2, -0.15) is 13.2 Å². The van der Waals surface area contributed by atoms with Crippen LogP contribution in [-0.2, 0) is 4.74 Å². The number of hydrogen-bond donors (Lipinski definition) is 0. The van der Waals surface area contributed by atoms with E-state index in [1.165, 1.54) is 7.11 Å². The first-order valence-corrected chi connectivity index (χ1v) is 3.88. The van der Waals surface area contributed by atoms with E-state index in [-0.39, 0.29) is 19.2 Å². The normalized spacial score (nSPS) is 23.0. The van der Waals surface area contributed by atoms with Gasteiger partial charge >= 0.3 is 6.30 Å². The highest BCUT2D eigenvalue weighted by atomic mass is 19.4. The SMILES string of the molecule is COC1CCN(C(F)(F)F)CC1. The first-order valence-electron chi connectivity index (χ1n) is 3.88. The van der Waals surface area contributed by atoms with Crippen LogP contribution in [0.1, 0.15) is 12.8 Å². The molecule has 0 amide bonds. The van der Waals surface area contributed by atoms with Gasteiger partial charge in [0.2, 0.25) is 0 Å². The molecule has 1 aliphatic rings. The molecule has 0 spiro atoms. The predicted octanol–water partition coefficient (Wildman–Crippen LogP) is 1.62. The van der Waals surface area contributed by atoms with Crippen molar-refractivity contribution in [2.75, 3.05) is 20.2 Å². The summed E-state index contributed by atoms with van der Waals surface area (Å²) in [5, 5.41) is 0. The van der Waals surface area contributed by atoms with Gasteiger partial charge in [0, 0.05) is 20.2 Å². The number of alkyl halides is 3. The number of halogens is 3. The van der Waals surface area contributed by atoms with E-state index >= 15 is 0 Å². The molecule has 1 fully saturated rings. The summed E-state index contributed by atoms with van der Waals surface area (Å²) in [7, 11) is 1.54. The minimum atomic E-state index is -4.17. The number of piperidine rings is 1. The third-order valence-electron chi connectivity index (χ3n) is 2.13. The van der Waals surface area contributed by atoms with Crippen LogP contribution in [-0.4, -0.2) is 37.5 Å². The molecule has 1 heterocycles. The summed E-state index contributed by atoms with van der Waals surface area (Å²) in [5.74, 6) is 0. The summed E-state index contributed by atoms with van der Waals surface area (Å²) < 4.78 is 41.1. The van der Waals surface area contributed by atoms with Crippen molar-refractivity contribution in [3.05, 3.63) is 0 Å². The Morgan fingerprint density at radius 2 is 1.75 bits per heavy atom. The molecule has 0 radical (unpaired) electrons. The van der Waals surface area contributed by atoms with E-state index in [1.807, 2.05) is 0 Å². The van der Waals surface area contributed by atoms with Crippen LogP contribution < -0.4 is 0 Å². The Kier molecular flexibility index (Phi) is 2.95. The van der Waals surface area contributed by atoms with Crippen LogP contribution in [0.5, 0.6) is 0 Å². The maximum atomic E-state index is 12.1. The van der Waals surface area contributed by atoms with Crippen LogP contribution in [0.25, 0.3) is 0 Å².